The number of carbonyl (C=O) groups excluding carboxylic acids is 4. The number of aromatic nitrogens is 6. The predicted octanol–water partition coefficient (Wildman–Crippen LogP) is 4.49. The number of allylic oxidation sites excluding steroid dienone is 4. The van der Waals surface area contributed by atoms with Gasteiger partial charge in [-0.1, -0.05) is 45.7 Å². The van der Waals surface area contributed by atoms with Crippen LogP contribution in [-0.2, 0) is 41.0 Å². The molecule has 0 aliphatic heterocycles. The number of nitrogens with zero attached hydrogens (tertiary/aromatic N) is 6. The molecule has 306 valence electrons. The number of benzene rings is 2. The number of carbonyl (C=O) groups is 4. The van der Waals surface area contributed by atoms with E-state index < -0.39 is 39.8 Å². The van der Waals surface area contributed by atoms with Crippen LogP contribution in [0.5, 0.6) is 0 Å². The first-order valence-electron chi connectivity index (χ1n) is 18.3. The van der Waals surface area contributed by atoms with Crippen LogP contribution in [0.4, 0.5) is 11.4 Å². The van der Waals surface area contributed by atoms with Crippen molar-refractivity contribution in [1.82, 2.24) is 28.2 Å². The Bertz CT molecular complexity index is 3140. The molecule has 60 heavy (non-hydrogen) atoms. The standard InChI is InChI=1S/C21H17BrN4O4.C15H13N3O4.C6H6BrN/c1-4-12-15-16(17-19(24-12)25(2)21(30)26(3)20(17)29)14(27)9-13(18(15)28)23-11-7-5-10(22)6-8-11;1-4-7-10-8(19)5-6-9(20)11(10)12-13(16-7)17(2)15(22)18(3)14(12)21;7-5-1-3-6(8)4-2-5/h5-9,23H,4H2,1-3H3;5-6H,4H2,1-3H3;1-4H,8H2. The first kappa shape index (κ1) is 42.9. The highest BCUT2D eigenvalue weighted by Gasteiger charge is 2.33. The van der Waals surface area contributed by atoms with E-state index in [1.165, 1.54) is 49.5 Å². The quantitative estimate of drug-likeness (QED) is 0.234. The summed E-state index contributed by atoms with van der Waals surface area (Å²) in [4.78, 5) is 109. The molecule has 2 aliphatic rings. The molecule has 2 aliphatic carbocycles. The van der Waals surface area contributed by atoms with Gasteiger partial charge in [-0.15, -0.1) is 0 Å². The summed E-state index contributed by atoms with van der Waals surface area (Å²) in [6.45, 7) is 3.59. The minimum Gasteiger partial charge on any atom is -0.399 e. The lowest BCUT2D eigenvalue weighted by atomic mass is 9.88. The van der Waals surface area contributed by atoms with Crippen molar-refractivity contribution in [2.45, 2.75) is 26.7 Å². The molecule has 0 amide bonds. The third-order valence-electron chi connectivity index (χ3n) is 9.86. The van der Waals surface area contributed by atoms with Crippen LogP contribution in [0, 0.1) is 0 Å². The van der Waals surface area contributed by atoms with Gasteiger partial charge in [-0.25, -0.2) is 19.6 Å². The monoisotopic (exact) mass is 938 g/mol. The number of halogens is 2. The summed E-state index contributed by atoms with van der Waals surface area (Å²) in [5.41, 5.74) is 5.90. The van der Waals surface area contributed by atoms with Gasteiger partial charge in [0, 0.05) is 54.6 Å². The average molecular weight is 941 g/mol. The zero-order valence-corrected chi connectivity index (χ0v) is 36.2. The Morgan fingerprint density at radius 2 is 0.983 bits per heavy atom. The van der Waals surface area contributed by atoms with Crippen molar-refractivity contribution in [3.63, 3.8) is 0 Å². The summed E-state index contributed by atoms with van der Waals surface area (Å²) < 4.78 is 6.19. The Balaban J connectivity index is 0.000000175. The molecular weight excluding hydrogens is 904 g/mol. The summed E-state index contributed by atoms with van der Waals surface area (Å²) in [6, 6.07) is 14.7. The molecule has 0 spiro atoms. The molecule has 0 bridgehead atoms. The molecule has 18 heteroatoms. The highest BCUT2D eigenvalue weighted by Crippen LogP contribution is 2.30. The first-order valence-corrected chi connectivity index (χ1v) is 19.9. The molecule has 2 aromatic carbocycles. The van der Waals surface area contributed by atoms with Crippen LogP contribution in [0.2, 0.25) is 0 Å². The molecule has 3 N–H and O–H groups in total. The van der Waals surface area contributed by atoms with Crippen molar-refractivity contribution in [1.29, 1.82) is 0 Å². The third-order valence-corrected chi connectivity index (χ3v) is 10.9. The Morgan fingerprint density at radius 3 is 1.43 bits per heavy atom. The van der Waals surface area contributed by atoms with Crippen molar-refractivity contribution in [2.24, 2.45) is 28.2 Å². The second kappa shape index (κ2) is 16.9. The van der Waals surface area contributed by atoms with Crippen LogP contribution in [0.3, 0.4) is 0 Å². The maximum atomic E-state index is 13.3. The fourth-order valence-electron chi connectivity index (χ4n) is 6.75. The topological polar surface area (TPSA) is 220 Å². The van der Waals surface area contributed by atoms with E-state index in [4.69, 9.17) is 5.73 Å². The Kier molecular flexibility index (Phi) is 12.1. The van der Waals surface area contributed by atoms with Gasteiger partial charge < -0.3 is 11.1 Å². The van der Waals surface area contributed by atoms with E-state index in [0.717, 1.165) is 29.8 Å². The van der Waals surface area contributed by atoms with Crippen LogP contribution >= 0.6 is 31.9 Å². The van der Waals surface area contributed by atoms with Crippen LogP contribution in [0.1, 0.15) is 66.7 Å². The smallest absolute Gasteiger partial charge is 0.332 e. The van der Waals surface area contributed by atoms with Gasteiger partial charge in [-0.05, 0) is 73.5 Å². The number of hydrogen-bond acceptors (Lipinski definition) is 12. The zero-order chi connectivity index (χ0) is 43.9. The van der Waals surface area contributed by atoms with E-state index in [-0.39, 0.29) is 55.8 Å². The summed E-state index contributed by atoms with van der Waals surface area (Å²) in [6.07, 6.45) is 4.29. The van der Waals surface area contributed by atoms with Crippen molar-refractivity contribution < 1.29 is 19.2 Å². The number of hydrogen-bond donors (Lipinski definition) is 2. The Hall–Kier alpha value is -6.66. The summed E-state index contributed by atoms with van der Waals surface area (Å²) in [5, 5.41) is 2.97. The number of fused-ring (bicyclic) bond motifs is 6. The van der Waals surface area contributed by atoms with E-state index in [1.54, 1.807) is 26.0 Å². The SMILES string of the molecule is CCc1nc2c(c3c1C(=O)C(Nc1ccc(Br)cc1)=CC3=O)c(=O)n(C)c(=O)n2C.CCc1nc2c(c3c1C(=O)C=CC3=O)c(=O)n(C)c(=O)n2C.Nc1ccc(Br)cc1. The van der Waals surface area contributed by atoms with Crippen LogP contribution in [0.15, 0.2) is 101 Å². The molecule has 0 atom stereocenters. The van der Waals surface area contributed by atoms with Gasteiger partial charge in [-0.3, -0.25) is 47.0 Å². The largest absolute Gasteiger partial charge is 0.399 e. The maximum Gasteiger partial charge on any atom is 0.332 e. The molecule has 0 fully saturated rings. The minimum absolute atomic E-state index is 0.000550. The summed E-state index contributed by atoms with van der Waals surface area (Å²) >= 11 is 6.64. The molecule has 0 saturated carbocycles. The van der Waals surface area contributed by atoms with E-state index >= 15 is 0 Å². The number of Topliss-reactive ketones (excluding diaryl/α,β-unsaturated/α-hetero) is 1. The molecule has 4 heterocycles. The maximum absolute atomic E-state index is 13.3. The predicted molar refractivity (Wildman–Crippen MR) is 234 cm³/mol. The number of nitrogens with one attached hydrogen (secondary N) is 1. The van der Waals surface area contributed by atoms with Crippen LogP contribution < -0.4 is 33.5 Å². The van der Waals surface area contributed by atoms with Crippen LogP contribution in [0.25, 0.3) is 22.1 Å². The molecule has 0 unspecified atom stereocenters. The Morgan fingerprint density at radius 1 is 0.567 bits per heavy atom. The van der Waals surface area contributed by atoms with Crippen LogP contribution in [-0.4, -0.2) is 51.4 Å². The highest BCUT2D eigenvalue weighted by atomic mass is 79.9. The zero-order valence-electron chi connectivity index (χ0n) is 33.0. The number of nitrogens with two attached hydrogens (primary N) is 1. The number of pyridine rings is 2. The minimum atomic E-state index is -0.654. The Labute approximate surface area is 357 Å². The fraction of sp³-hybridized carbons (Fsp3) is 0.190. The summed E-state index contributed by atoms with van der Waals surface area (Å²) in [7, 11) is 5.62. The van der Waals surface area contributed by atoms with Gasteiger partial charge in [0.05, 0.1) is 50.1 Å². The van der Waals surface area contributed by atoms with E-state index in [9.17, 15) is 38.4 Å². The number of nitrogen functional groups attached to an aromatic ring is 1. The van der Waals surface area contributed by atoms with Gasteiger partial charge >= 0.3 is 11.4 Å². The number of anilines is 2. The third kappa shape index (κ3) is 7.66. The first-order chi connectivity index (χ1) is 28.4. The van der Waals surface area contributed by atoms with Crippen molar-refractivity contribution in [3.8, 4) is 0 Å². The van der Waals surface area contributed by atoms with Crippen molar-refractivity contribution in [3.05, 3.63) is 157 Å². The summed E-state index contributed by atoms with van der Waals surface area (Å²) in [5.74, 6) is -1.68. The molecular formula is C42H36Br2N8O8. The van der Waals surface area contributed by atoms with Crippen molar-refractivity contribution in [2.75, 3.05) is 11.1 Å². The molecule has 0 saturated heterocycles. The molecule has 16 nitrogen and oxygen atoms in total. The lowest BCUT2D eigenvalue weighted by molar-refractivity contribution is 0.0985. The van der Waals surface area contributed by atoms with E-state index in [0.29, 0.717) is 29.9 Å². The van der Waals surface area contributed by atoms with Gasteiger partial charge in [-0.2, -0.15) is 0 Å². The molecule has 8 rings (SSSR count). The van der Waals surface area contributed by atoms with Gasteiger partial charge in [0.1, 0.15) is 11.3 Å². The second-order valence-corrected chi connectivity index (χ2v) is 15.5. The van der Waals surface area contributed by atoms with E-state index in [2.05, 4.69) is 47.1 Å². The fourth-order valence-corrected chi connectivity index (χ4v) is 7.28. The number of aryl methyl sites for hydroxylation is 4. The van der Waals surface area contributed by atoms with Gasteiger partial charge in [0.25, 0.3) is 11.1 Å². The average Bonchev–Trinajstić information content (AvgIpc) is 3.24. The van der Waals surface area contributed by atoms with Gasteiger partial charge in [0.2, 0.25) is 5.78 Å². The lowest BCUT2D eigenvalue weighted by Crippen LogP contribution is -2.39. The lowest BCUT2D eigenvalue weighted by Gasteiger charge is -2.21. The molecule has 6 aromatic rings. The normalized spacial score (nSPS) is 13.0. The van der Waals surface area contributed by atoms with Crippen molar-refractivity contribution >= 4 is 88.4 Å². The highest BCUT2D eigenvalue weighted by molar-refractivity contribution is 9.10. The number of rotatable bonds is 4. The van der Waals surface area contributed by atoms with Gasteiger partial charge in [0.15, 0.2) is 17.3 Å². The number of ketones is 4. The molecule has 0 radical (unpaired) electrons. The second-order valence-electron chi connectivity index (χ2n) is 13.6. The molecule has 4 aromatic heterocycles. The van der Waals surface area contributed by atoms with E-state index in [1.807, 2.05) is 36.4 Å².